The molecule has 1 saturated carbocycles. The van der Waals surface area contributed by atoms with Gasteiger partial charge in [0.15, 0.2) is 0 Å². The summed E-state index contributed by atoms with van der Waals surface area (Å²) in [6.45, 7) is 0. The standard InChI is InChI=1S/C12H17FN2O2S/c13-9-5-1-4-8-12(9)18(16,17)15-11-7-3-2-6-10(11)14/h1,4-5,8,10-11,15H,2-3,6-7,14H2. The topological polar surface area (TPSA) is 72.2 Å². The second kappa shape index (κ2) is 5.34. The quantitative estimate of drug-likeness (QED) is 0.873. The number of sulfonamides is 1. The molecule has 0 aliphatic heterocycles. The smallest absolute Gasteiger partial charge is 0.243 e. The van der Waals surface area contributed by atoms with Crippen molar-refractivity contribution in [2.45, 2.75) is 42.7 Å². The summed E-state index contributed by atoms with van der Waals surface area (Å²) in [5.74, 6) is -0.741. The molecule has 2 rings (SSSR count). The molecule has 1 aromatic carbocycles. The Kier molecular flexibility index (Phi) is 3.99. The molecule has 18 heavy (non-hydrogen) atoms. The molecule has 100 valence electrons. The van der Waals surface area contributed by atoms with Crippen LogP contribution in [0.1, 0.15) is 25.7 Å². The molecule has 1 aliphatic carbocycles. The van der Waals surface area contributed by atoms with E-state index >= 15 is 0 Å². The Morgan fingerprint density at radius 1 is 1.22 bits per heavy atom. The molecule has 6 heteroatoms. The Morgan fingerprint density at radius 2 is 1.89 bits per heavy atom. The summed E-state index contributed by atoms with van der Waals surface area (Å²) in [6.07, 6.45) is 3.45. The third kappa shape index (κ3) is 2.88. The van der Waals surface area contributed by atoms with Gasteiger partial charge in [-0.05, 0) is 25.0 Å². The number of nitrogens with two attached hydrogens (primary N) is 1. The van der Waals surface area contributed by atoms with Crippen LogP contribution in [0.5, 0.6) is 0 Å². The van der Waals surface area contributed by atoms with Crippen LogP contribution in [0.2, 0.25) is 0 Å². The fraction of sp³-hybridized carbons (Fsp3) is 0.500. The average Bonchev–Trinajstić information content (AvgIpc) is 2.32. The van der Waals surface area contributed by atoms with Crippen LogP contribution in [0, 0.1) is 5.82 Å². The van der Waals surface area contributed by atoms with Gasteiger partial charge in [0.05, 0.1) is 0 Å². The van der Waals surface area contributed by atoms with Crippen molar-refractivity contribution in [3.05, 3.63) is 30.1 Å². The predicted octanol–water partition coefficient (Wildman–Crippen LogP) is 1.37. The molecule has 1 fully saturated rings. The zero-order valence-electron chi connectivity index (χ0n) is 9.97. The van der Waals surface area contributed by atoms with E-state index in [0.717, 1.165) is 25.3 Å². The fourth-order valence-corrected chi connectivity index (χ4v) is 3.63. The first kappa shape index (κ1) is 13.5. The summed E-state index contributed by atoms with van der Waals surface area (Å²) >= 11 is 0. The molecule has 3 N–H and O–H groups in total. The lowest BCUT2D eigenvalue weighted by atomic mass is 9.92. The van der Waals surface area contributed by atoms with Crippen LogP contribution in [0.3, 0.4) is 0 Å². The first-order chi connectivity index (χ1) is 8.50. The molecule has 0 saturated heterocycles. The summed E-state index contributed by atoms with van der Waals surface area (Å²) < 4.78 is 40.1. The molecule has 1 aliphatic rings. The van der Waals surface area contributed by atoms with E-state index in [1.54, 1.807) is 0 Å². The zero-order chi connectivity index (χ0) is 13.2. The van der Waals surface area contributed by atoms with Crippen molar-refractivity contribution >= 4 is 10.0 Å². The second-order valence-electron chi connectivity index (χ2n) is 4.61. The van der Waals surface area contributed by atoms with E-state index in [9.17, 15) is 12.8 Å². The van der Waals surface area contributed by atoms with E-state index < -0.39 is 15.8 Å². The van der Waals surface area contributed by atoms with Gasteiger partial charge in [0, 0.05) is 12.1 Å². The molecule has 0 aromatic heterocycles. The van der Waals surface area contributed by atoms with Gasteiger partial charge < -0.3 is 5.73 Å². The van der Waals surface area contributed by atoms with Gasteiger partial charge in [0.2, 0.25) is 10.0 Å². The summed E-state index contributed by atoms with van der Waals surface area (Å²) in [5.41, 5.74) is 5.88. The lowest BCUT2D eigenvalue weighted by Gasteiger charge is -2.29. The Balaban J connectivity index is 2.19. The zero-order valence-corrected chi connectivity index (χ0v) is 10.8. The van der Waals surface area contributed by atoms with E-state index in [4.69, 9.17) is 5.73 Å². The monoisotopic (exact) mass is 272 g/mol. The van der Waals surface area contributed by atoms with Crippen molar-refractivity contribution in [3.63, 3.8) is 0 Å². The van der Waals surface area contributed by atoms with Crippen LogP contribution in [0.4, 0.5) is 4.39 Å². The second-order valence-corrected chi connectivity index (χ2v) is 6.29. The third-order valence-corrected chi connectivity index (χ3v) is 4.78. The van der Waals surface area contributed by atoms with Gasteiger partial charge >= 0.3 is 0 Å². The summed E-state index contributed by atoms with van der Waals surface area (Å²) in [4.78, 5) is -0.317. The van der Waals surface area contributed by atoms with Gasteiger partial charge in [-0.3, -0.25) is 0 Å². The number of nitrogens with one attached hydrogen (secondary N) is 1. The van der Waals surface area contributed by atoms with Crippen LogP contribution >= 0.6 is 0 Å². The van der Waals surface area contributed by atoms with Crippen LogP contribution in [-0.2, 0) is 10.0 Å². The van der Waals surface area contributed by atoms with Crippen molar-refractivity contribution in [2.75, 3.05) is 0 Å². The number of hydrogen-bond donors (Lipinski definition) is 2. The highest BCUT2D eigenvalue weighted by Gasteiger charge is 2.28. The summed E-state index contributed by atoms with van der Waals surface area (Å²) in [5, 5.41) is 0. The van der Waals surface area contributed by atoms with Crippen LogP contribution < -0.4 is 10.5 Å². The van der Waals surface area contributed by atoms with Crippen LogP contribution in [0.15, 0.2) is 29.2 Å². The van der Waals surface area contributed by atoms with Crippen molar-refractivity contribution in [3.8, 4) is 0 Å². The highest BCUT2D eigenvalue weighted by atomic mass is 32.2. The maximum atomic E-state index is 13.5. The SMILES string of the molecule is NC1CCCCC1NS(=O)(=O)c1ccccc1F. The van der Waals surface area contributed by atoms with E-state index in [1.807, 2.05) is 0 Å². The predicted molar refractivity (Wildman–Crippen MR) is 67.0 cm³/mol. The normalized spacial score (nSPS) is 25.0. The maximum Gasteiger partial charge on any atom is 0.243 e. The number of benzene rings is 1. The highest BCUT2D eigenvalue weighted by Crippen LogP contribution is 2.20. The molecule has 4 nitrogen and oxygen atoms in total. The minimum atomic E-state index is -3.83. The van der Waals surface area contributed by atoms with Gasteiger partial charge in [-0.1, -0.05) is 25.0 Å². The van der Waals surface area contributed by atoms with E-state index in [2.05, 4.69) is 4.72 Å². The molecule has 0 heterocycles. The largest absolute Gasteiger partial charge is 0.326 e. The molecule has 0 spiro atoms. The van der Waals surface area contributed by atoms with Crippen molar-refractivity contribution in [2.24, 2.45) is 5.73 Å². The number of rotatable bonds is 3. The molecule has 2 atom stereocenters. The van der Waals surface area contributed by atoms with Gasteiger partial charge in [0.25, 0.3) is 0 Å². The lowest BCUT2D eigenvalue weighted by molar-refractivity contribution is 0.360. The van der Waals surface area contributed by atoms with Crippen LogP contribution in [0.25, 0.3) is 0 Å². The summed E-state index contributed by atoms with van der Waals surface area (Å²) in [7, 11) is -3.83. The van der Waals surface area contributed by atoms with E-state index in [1.165, 1.54) is 18.2 Å². The molecule has 0 amide bonds. The minimum Gasteiger partial charge on any atom is -0.326 e. The molecule has 2 unspecified atom stereocenters. The number of hydrogen-bond acceptors (Lipinski definition) is 3. The Labute approximate surface area is 106 Å². The molecule has 1 aromatic rings. The first-order valence-corrected chi connectivity index (χ1v) is 7.51. The third-order valence-electron chi connectivity index (χ3n) is 3.25. The Hall–Kier alpha value is -0.980. The van der Waals surface area contributed by atoms with Gasteiger partial charge in [-0.2, -0.15) is 0 Å². The lowest BCUT2D eigenvalue weighted by Crippen LogP contribution is -2.49. The highest BCUT2D eigenvalue weighted by molar-refractivity contribution is 7.89. The van der Waals surface area contributed by atoms with Crippen LogP contribution in [-0.4, -0.2) is 20.5 Å². The first-order valence-electron chi connectivity index (χ1n) is 6.03. The molecule has 0 radical (unpaired) electrons. The number of halogens is 1. The maximum absolute atomic E-state index is 13.5. The minimum absolute atomic E-state index is 0.194. The van der Waals surface area contributed by atoms with Crippen molar-refractivity contribution in [1.82, 2.24) is 4.72 Å². The Morgan fingerprint density at radius 3 is 2.56 bits per heavy atom. The molecular formula is C12H17FN2O2S. The van der Waals surface area contributed by atoms with E-state index in [0.29, 0.717) is 6.42 Å². The van der Waals surface area contributed by atoms with Gasteiger partial charge in [0.1, 0.15) is 10.7 Å². The van der Waals surface area contributed by atoms with Crippen molar-refractivity contribution < 1.29 is 12.8 Å². The Bertz CT molecular complexity index is 519. The van der Waals surface area contributed by atoms with E-state index in [-0.39, 0.29) is 17.0 Å². The van der Waals surface area contributed by atoms with Gasteiger partial charge in [-0.25, -0.2) is 17.5 Å². The van der Waals surface area contributed by atoms with Gasteiger partial charge in [-0.15, -0.1) is 0 Å². The molecular weight excluding hydrogens is 255 g/mol. The fourth-order valence-electron chi connectivity index (χ4n) is 2.23. The van der Waals surface area contributed by atoms with Crippen molar-refractivity contribution in [1.29, 1.82) is 0 Å². The summed E-state index contributed by atoms with van der Waals surface area (Å²) in [6, 6.07) is 4.85. The average molecular weight is 272 g/mol. The molecule has 0 bridgehead atoms.